The molecule has 10 nitrogen and oxygen atoms in total. The second-order valence-electron chi connectivity index (χ2n) is 10.9. The van der Waals surface area contributed by atoms with Crippen LogP contribution in [0.5, 0.6) is 5.75 Å². The maximum absolute atomic E-state index is 15.8. The molecule has 3 aliphatic rings. The number of aromatic hydroxyl groups is 1. The molecule has 1 fully saturated rings. The average molecular weight is 562 g/mol. The van der Waals surface area contributed by atoms with E-state index in [9.17, 15) is 34.8 Å². The van der Waals surface area contributed by atoms with Gasteiger partial charge in [-0.2, -0.15) is 0 Å². The monoisotopic (exact) mass is 561 g/mol. The van der Waals surface area contributed by atoms with E-state index in [1.807, 2.05) is 30.5 Å². The van der Waals surface area contributed by atoms with Crippen LogP contribution in [0.2, 0.25) is 0 Å². The fraction of sp³-hybridized carbons (Fsp3) is 0.300. The van der Waals surface area contributed by atoms with Gasteiger partial charge in [0, 0.05) is 52.7 Å². The van der Waals surface area contributed by atoms with Gasteiger partial charge in [0.15, 0.2) is 11.4 Å². The molecule has 2 aromatic carbocycles. The number of carbonyl (C=O) groups is 3. The number of para-hydroxylation sites is 1. The van der Waals surface area contributed by atoms with Crippen LogP contribution in [0.15, 0.2) is 53.4 Å². The number of nitrogens with two attached hydrogens (primary N) is 1. The summed E-state index contributed by atoms with van der Waals surface area (Å²) in [7, 11) is 0. The maximum Gasteiger partial charge on any atom is 0.255 e. The smallest absolute Gasteiger partial charge is 0.255 e. The van der Waals surface area contributed by atoms with Crippen molar-refractivity contribution in [3.05, 3.63) is 81.5 Å². The minimum Gasteiger partial charge on any atom is -0.508 e. The summed E-state index contributed by atoms with van der Waals surface area (Å²) in [5.74, 6) is -8.08. The summed E-state index contributed by atoms with van der Waals surface area (Å²) in [6.07, 6.45) is 2.03. The van der Waals surface area contributed by atoms with Crippen molar-refractivity contribution in [3.8, 4) is 5.75 Å². The first-order valence-electron chi connectivity index (χ1n) is 13.3. The van der Waals surface area contributed by atoms with Crippen LogP contribution < -0.4 is 11.1 Å². The van der Waals surface area contributed by atoms with Crippen molar-refractivity contribution in [1.82, 2.24) is 10.3 Å². The molecule has 0 bridgehead atoms. The third-order valence-electron chi connectivity index (χ3n) is 8.63. The molecule has 6 rings (SSSR count). The Hall–Kier alpha value is -4.48. The lowest BCUT2D eigenvalue weighted by molar-refractivity contribution is -0.147. The summed E-state index contributed by atoms with van der Waals surface area (Å²) in [5, 5.41) is 48.1. The SMILES string of the molecule is NC(=O)C1=C(O)[C@@]2(O)C(=O)C3=C(O)c4c(O)cc(CNCCc5c[nH]c6ccccc56)c(F)c4CC3C[C@H]2CC1=O. The topological polar surface area (TPSA) is 186 Å². The summed E-state index contributed by atoms with van der Waals surface area (Å²) in [6, 6.07) is 9.08. The van der Waals surface area contributed by atoms with E-state index in [2.05, 4.69) is 10.3 Å². The highest BCUT2D eigenvalue weighted by molar-refractivity contribution is 6.22. The van der Waals surface area contributed by atoms with Crippen LogP contribution in [0.4, 0.5) is 4.39 Å². The number of nitrogens with one attached hydrogen (secondary N) is 2. The number of primary amides is 1. The second-order valence-corrected chi connectivity index (χ2v) is 10.9. The number of carbonyl (C=O) groups excluding carboxylic acids is 3. The highest BCUT2D eigenvalue weighted by Crippen LogP contribution is 2.52. The Labute approximate surface area is 233 Å². The van der Waals surface area contributed by atoms with E-state index in [-0.39, 0.29) is 41.6 Å². The number of phenols is 1. The van der Waals surface area contributed by atoms with Crippen molar-refractivity contribution in [1.29, 1.82) is 0 Å². The Morgan fingerprint density at radius 1 is 1.15 bits per heavy atom. The number of aliphatic hydroxyl groups excluding tert-OH is 2. The van der Waals surface area contributed by atoms with Crippen molar-refractivity contribution >= 4 is 34.1 Å². The number of phenolic OH excluding ortho intramolecular Hbond substituents is 1. The molecule has 3 aromatic rings. The van der Waals surface area contributed by atoms with Crippen molar-refractivity contribution < 1.29 is 39.2 Å². The number of fused-ring (bicyclic) bond motifs is 4. The lowest BCUT2D eigenvalue weighted by Crippen LogP contribution is -2.58. The molecule has 212 valence electrons. The van der Waals surface area contributed by atoms with Gasteiger partial charge in [-0.15, -0.1) is 0 Å². The van der Waals surface area contributed by atoms with E-state index in [4.69, 9.17) is 5.73 Å². The third kappa shape index (κ3) is 3.95. The van der Waals surface area contributed by atoms with E-state index in [0.29, 0.717) is 13.0 Å². The normalized spacial score (nSPS) is 24.0. The Morgan fingerprint density at radius 2 is 1.90 bits per heavy atom. The van der Waals surface area contributed by atoms with E-state index in [1.54, 1.807) is 0 Å². The van der Waals surface area contributed by atoms with Crippen LogP contribution in [0.25, 0.3) is 16.7 Å². The first kappa shape index (κ1) is 26.7. The number of H-pyrrole nitrogens is 1. The van der Waals surface area contributed by atoms with Crippen LogP contribution in [-0.4, -0.2) is 55.0 Å². The number of ketones is 2. The molecule has 1 saturated carbocycles. The second kappa shape index (κ2) is 9.57. The minimum atomic E-state index is -2.65. The van der Waals surface area contributed by atoms with Gasteiger partial charge in [-0.1, -0.05) is 18.2 Å². The first-order chi connectivity index (χ1) is 19.5. The fourth-order valence-electron chi connectivity index (χ4n) is 6.64. The number of rotatable bonds is 6. The number of aromatic nitrogens is 1. The van der Waals surface area contributed by atoms with Crippen LogP contribution in [0.1, 0.15) is 35.1 Å². The molecule has 0 saturated heterocycles. The Balaban J connectivity index is 1.28. The molecule has 1 amide bonds. The summed E-state index contributed by atoms with van der Waals surface area (Å²) < 4.78 is 15.8. The lowest BCUT2D eigenvalue weighted by atomic mass is 9.59. The van der Waals surface area contributed by atoms with Gasteiger partial charge >= 0.3 is 0 Å². The van der Waals surface area contributed by atoms with Crippen molar-refractivity contribution in [2.45, 2.75) is 37.8 Å². The van der Waals surface area contributed by atoms with Gasteiger partial charge in [-0.25, -0.2) is 4.39 Å². The van der Waals surface area contributed by atoms with Crippen molar-refractivity contribution in [3.63, 3.8) is 0 Å². The highest BCUT2D eigenvalue weighted by Gasteiger charge is 2.60. The standard InChI is InChI=1S/C30H28FN3O7/c31-25-15(11-33-6-5-13-12-34-19-4-2-1-3-17(13)19)9-20(35)23-18(25)8-14-7-16-10-21(36)24(29(32)40)28(39)30(16,41)27(38)22(14)26(23)37/h1-4,9,12,14,16,33-35,37,39,41H,5-8,10-11H2,(H2,32,40)/t14?,16-,30-/m0/s1. The zero-order valence-electron chi connectivity index (χ0n) is 21.8. The Morgan fingerprint density at radius 3 is 2.66 bits per heavy atom. The van der Waals surface area contributed by atoms with E-state index >= 15 is 4.39 Å². The summed E-state index contributed by atoms with van der Waals surface area (Å²) in [5.41, 5.74) is 3.43. The number of halogens is 1. The van der Waals surface area contributed by atoms with Gasteiger partial charge in [0.1, 0.15) is 28.7 Å². The van der Waals surface area contributed by atoms with Crippen LogP contribution in [-0.2, 0) is 33.8 Å². The van der Waals surface area contributed by atoms with E-state index < -0.39 is 70.0 Å². The number of aromatic amines is 1. The van der Waals surface area contributed by atoms with Crippen LogP contribution in [0, 0.1) is 17.7 Å². The van der Waals surface area contributed by atoms with Gasteiger partial charge in [0.25, 0.3) is 5.91 Å². The molecule has 41 heavy (non-hydrogen) atoms. The molecule has 1 unspecified atom stereocenters. The minimum absolute atomic E-state index is 0.0163. The largest absolute Gasteiger partial charge is 0.508 e. The molecule has 0 radical (unpaired) electrons. The molecular weight excluding hydrogens is 533 g/mol. The van der Waals surface area contributed by atoms with Crippen LogP contribution >= 0.6 is 0 Å². The number of hydrogen-bond acceptors (Lipinski definition) is 8. The number of amides is 1. The fourth-order valence-corrected chi connectivity index (χ4v) is 6.64. The predicted molar refractivity (Wildman–Crippen MR) is 145 cm³/mol. The highest BCUT2D eigenvalue weighted by atomic mass is 19.1. The van der Waals surface area contributed by atoms with Gasteiger partial charge in [-0.05, 0) is 49.4 Å². The first-order valence-corrected chi connectivity index (χ1v) is 13.3. The van der Waals surface area contributed by atoms with Crippen molar-refractivity contribution in [2.24, 2.45) is 17.6 Å². The molecule has 0 aliphatic heterocycles. The molecular formula is C30H28FN3O7. The number of aliphatic hydroxyl groups is 3. The number of Topliss-reactive ketones (excluding diaryl/α,β-unsaturated/α-hetero) is 2. The zero-order chi connectivity index (χ0) is 29.2. The molecule has 1 heterocycles. The van der Waals surface area contributed by atoms with Gasteiger partial charge in [-0.3, -0.25) is 14.4 Å². The molecule has 11 heteroatoms. The molecule has 3 aliphatic carbocycles. The molecule has 8 N–H and O–H groups in total. The number of hydrogen-bond donors (Lipinski definition) is 7. The van der Waals surface area contributed by atoms with Gasteiger partial charge in [0.05, 0.1) is 5.56 Å². The molecule has 1 aromatic heterocycles. The van der Waals surface area contributed by atoms with Gasteiger partial charge < -0.3 is 36.5 Å². The Kier molecular flexibility index (Phi) is 6.24. The zero-order valence-corrected chi connectivity index (χ0v) is 21.8. The van der Waals surface area contributed by atoms with Crippen molar-refractivity contribution in [2.75, 3.05) is 6.54 Å². The van der Waals surface area contributed by atoms with Gasteiger partial charge in [0.2, 0.25) is 5.78 Å². The third-order valence-corrected chi connectivity index (χ3v) is 8.63. The molecule has 0 spiro atoms. The Bertz CT molecular complexity index is 1720. The molecule has 3 atom stereocenters. The summed E-state index contributed by atoms with van der Waals surface area (Å²) in [6.45, 7) is 0.631. The average Bonchev–Trinajstić information content (AvgIpc) is 3.34. The summed E-state index contributed by atoms with van der Waals surface area (Å²) in [4.78, 5) is 41.0. The predicted octanol–water partition coefficient (Wildman–Crippen LogP) is 2.38. The lowest BCUT2D eigenvalue weighted by Gasteiger charge is -2.46. The number of benzene rings is 2. The van der Waals surface area contributed by atoms with Crippen LogP contribution in [0.3, 0.4) is 0 Å². The van der Waals surface area contributed by atoms with E-state index in [0.717, 1.165) is 16.5 Å². The maximum atomic E-state index is 15.8. The van der Waals surface area contributed by atoms with E-state index in [1.165, 1.54) is 6.07 Å². The summed E-state index contributed by atoms with van der Waals surface area (Å²) >= 11 is 0. The quantitative estimate of drug-likeness (QED) is 0.177.